The zero-order chi connectivity index (χ0) is 12.1. The van der Waals surface area contributed by atoms with Crippen LogP contribution in [0.1, 0.15) is 48.5 Å². The van der Waals surface area contributed by atoms with Crippen molar-refractivity contribution in [2.24, 2.45) is 0 Å². The van der Waals surface area contributed by atoms with Crippen LogP contribution in [0.5, 0.6) is 11.5 Å². The lowest BCUT2D eigenvalue weighted by Gasteiger charge is -2.06. The van der Waals surface area contributed by atoms with Gasteiger partial charge in [0, 0.05) is 12.5 Å². The fraction of sp³-hybridized carbons (Fsp3) is 0.462. The van der Waals surface area contributed by atoms with Gasteiger partial charge in [-0.05, 0) is 25.0 Å². The highest BCUT2D eigenvalue weighted by molar-refractivity contribution is 5.98. The molecule has 16 heavy (non-hydrogen) atoms. The van der Waals surface area contributed by atoms with E-state index in [9.17, 15) is 15.0 Å². The minimum atomic E-state index is -0.135. The molecule has 0 aliphatic carbocycles. The quantitative estimate of drug-likeness (QED) is 0.594. The molecule has 88 valence electrons. The molecule has 0 aromatic heterocycles. The Morgan fingerprint density at radius 1 is 1.19 bits per heavy atom. The van der Waals surface area contributed by atoms with Gasteiger partial charge in [0.25, 0.3) is 0 Å². The molecule has 1 aromatic rings. The van der Waals surface area contributed by atoms with E-state index in [0.29, 0.717) is 17.5 Å². The number of ketones is 1. The number of aryl methyl sites for hydroxylation is 1. The number of carbonyl (C=O) groups is 1. The van der Waals surface area contributed by atoms with E-state index in [0.717, 1.165) is 19.3 Å². The van der Waals surface area contributed by atoms with Crippen LogP contribution < -0.4 is 0 Å². The summed E-state index contributed by atoms with van der Waals surface area (Å²) < 4.78 is 0. The van der Waals surface area contributed by atoms with Gasteiger partial charge in [0.2, 0.25) is 0 Å². The largest absolute Gasteiger partial charge is 0.508 e. The Morgan fingerprint density at radius 2 is 1.88 bits per heavy atom. The number of unbranched alkanes of at least 4 members (excludes halogenated alkanes) is 2. The third-order valence-electron chi connectivity index (χ3n) is 2.62. The summed E-state index contributed by atoms with van der Waals surface area (Å²) in [6.07, 6.45) is 3.37. The van der Waals surface area contributed by atoms with Gasteiger partial charge >= 0.3 is 0 Å². The van der Waals surface area contributed by atoms with E-state index >= 15 is 0 Å². The Labute approximate surface area is 95.7 Å². The molecule has 0 saturated heterocycles. The molecule has 2 N–H and O–H groups in total. The van der Waals surface area contributed by atoms with Gasteiger partial charge in [-0.2, -0.15) is 0 Å². The molecular weight excluding hydrogens is 204 g/mol. The summed E-state index contributed by atoms with van der Waals surface area (Å²) in [5.74, 6) is -0.179. The summed E-state index contributed by atoms with van der Waals surface area (Å²) in [6, 6.07) is 2.77. The second-order valence-corrected chi connectivity index (χ2v) is 4.04. The van der Waals surface area contributed by atoms with Gasteiger partial charge in [0.1, 0.15) is 11.5 Å². The van der Waals surface area contributed by atoms with Crippen LogP contribution in [0.2, 0.25) is 0 Å². The molecule has 1 rings (SSSR count). The normalized spacial score (nSPS) is 10.4. The number of aromatic hydroxyl groups is 2. The maximum Gasteiger partial charge on any atom is 0.166 e. The summed E-state index contributed by atoms with van der Waals surface area (Å²) in [6.45, 7) is 3.78. The lowest BCUT2D eigenvalue weighted by atomic mass is 10.0. The van der Waals surface area contributed by atoms with E-state index in [1.807, 2.05) is 0 Å². The van der Waals surface area contributed by atoms with Gasteiger partial charge < -0.3 is 10.2 Å². The first-order chi connectivity index (χ1) is 7.56. The summed E-state index contributed by atoms with van der Waals surface area (Å²) >= 11 is 0. The second kappa shape index (κ2) is 5.54. The molecule has 0 aliphatic rings. The van der Waals surface area contributed by atoms with Crippen molar-refractivity contribution in [2.45, 2.75) is 39.5 Å². The lowest BCUT2D eigenvalue weighted by molar-refractivity contribution is 0.0976. The van der Waals surface area contributed by atoms with Crippen molar-refractivity contribution >= 4 is 5.78 Å². The molecule has 0 saturated carbocycles. The SMILES string of the molecule is CCCCCC(=O)c1cc(C)c(O)cc1O. The van der Waals surface area contributed by atoms with Crippen LogP contribution in [0.25, 0.3) is 0 Å². The Bertz CT molecular complexity index is 383. The van der Waals surface area contributed by atoms with Crippen LogP contribution in [0.15, 0.2) is 12.1 Å². The maximum absolute atomic E-state index is 11.8. The van der Waals surface area contributed by atoms with E-state index in [-0.39, 0.29) is 17.3 Å². The number of Topliss-reactive ketones (excluding diaryl/α,β-unsaturated/α-hetero) is 1. The monoisotopic (exact) mass is 222 g/mol. The number of phenols is 2. The molecule has 0 fully saturated rings. The predicted octanol–water partition coefficient (Wildman–Crippen LogP) is 3.17. The average molecular weight is 222 g/mol. The molecule has 0 aliphatic heterocycles. The average Bonchev–Trinajstić information content (AvgIpc) is 2.23. The van der Waals surface area contributed by atoms with Crippen molar-refractivity contribution in [1.82, 2.24) is 0 Å². The topological polar surface area (TPSA) is 57.5 Å². The number of carbonyl (C=O) groups excluding carboxylic acids is 1. The molecule has 0 atom stereocenters. The first-order valence-electron chi connectivity index (χ1n) is 5.62. The van der Waals surface area contributed by atoms with E-state index in [2.05, 4.69) is 6.92 Å². The predicted molar refractivity (Wildman–Crippen MR) is 63.0 cm³/mol. The number of hydrogen-bond acceptors (Lipinski definition) is 3. The summed E-state index contributed by atoms with van der Waals surface area (Å²) in [4.78, 5) is 11.8. The van der Waals surface area contributed by atoms with E-state index in [1.54, 1.807) is 13.0 Å². The summed E-state index contributed by atoms with van der Waals surface area (Å²) in [7, 11) is 0. The van der Waals surface area contributed by atoms with Crippen molar-refractivity contribution in [1.29, 1.82) is 0 Å². The van der Waals surface area contributed by atoms with E-state index < -0.39 is 0 Å². The molecule has 0 radical (unpaired) electrons. The second-order valence-electron chi connectivity index (χ2n) is 4.04. The minimum absolute atomic E-state index is 0.0163. The number of rotatable bonds is 5. The first-order valence-corrected chi connectivity index (χ1v) is 5.62. The molecule has 0 spiro atoms. The maximum atomic E-state index is 11.8. The molecular formula is C13H18O3. The highest BCUT2D eigenvalue weighted by Crippen LogP contribution is 2.27. The van der Waals surface area contributed by atoms with Crippen LogP contribution in [0, 0.1) is 6.92 Å². The molecule has 0 amide bonds. The fourth-order valence-electron chi connectivity index (χ4n) is 1.58. The number of phenolic OH excluding ortho intramolecular Hbond substituents is 2. The van der Waals surface area contributed by atoms with Crippen molar-refractivity contribution in [3.05, 3.63) is 23.3 Å². The van der Waals surface area contributed by atoms with Gasteiger partial charge in [-0.25, -0.2) is 0 Å². The van der Waals surface area contributed by atoms with Crippen molar-refractivity contribution in [3.63, 3.8) is 0 Å². The zero-order valence-corrected chi connectivity index (χ0v) is 9.79. The highest BCUT2D eigenvalue weighted by Gasteiger charge is 2.12. The Kier molecular flexibility index (Phi) is 4.35. The van der Waals surface area contributed by atoms with Gasteiger partial charge in [-0.3, -0.25) is 4.79 Å². The van der Waals surface area contributed by atoms with Gasteiger partial charge in [0.15, 0.2) is 5.78 Å². The van der Waals surface area contributed by atoms with Gasteiger partial charge in [-0.15, -0.1) is 0 Å². The smallest absolute Gasteiger partial charge is 0.166 e. The molecule has 0 unspecified atom stereocenters. The Morgan fingerprint density at radius 3 is 2.50 bits per heavy atom. The third-order valence-corrected chi connectivity index (χ3v) is 2.62. The Hall–Kier alpha value is -1.51. The minimum Gasteiger partial charge on any atom is -0.508 e. The van der Waals surface area contributed by atoms with Crippen LogP contribution >= 0.6 is 0 Å². The van der Waals surface area contributed by atoms with Gasteiger partial charge in [0.05, 0.1) is 5.56 Å². The molecule has 3 heteroatoms. The van der Waals surface area contributed by atoms with Crippen LogP contribution in [0.3, 0.4) is 0 Å². The van der Waals surface area contributed by atoms with Gasteiger partial charge in [-0.1, -0.05) is 19.8 Å². The van der Waals surface area contributed by atoms with Crippen LogP contribution in [0.4, 0.5) is 0 Å². The molecule has 0 heterocycles. The number of hydrogen-bond donors (Lipinski definition) is 2. The van der Waals surface area contributed by atoms with E-state index in [4.69, 9.17) is 0 Å². The van der Waals surface area contributed by atoms with Crippen LogP contribution in [-0.2, 0) is 0 Å². The molecule has 1 aromatic carbocycles. The third kappa shape index (κ3) is 2.99. The summed E-state index contributed by atoms with van der Waals surface area (Å²) in [5.41, 5.74) is 0.919. The number of benzene rings is 1. The lowest BCUT2D eigenvalue weighted by Crippen LogP contribution is -2.00. The van der Waals surface area contributed by atoms with Crippen LogP contribution in [-0.4, -0.2) is 16.0 Å². The van der Waals surface area contributed by atoms with Crippen molar-refractivity contribution in [3.8, 4) is 11.5 Å². The van der Waals surface area contributed by atoms with Crippen molar-refractivity contribution < 1.29 is 15.0 Å². The molecule has 3 nitrogen and oxygen atoms in total. The van der Waals surface area contributed by atoms with E-state index in [1.165, 1.54) is 6.07 Å². The zero-order valence-electron chi connectivity index (χ0n) is 9.79. The highest BCUT2D eigenvalue weighted by atomic mass is 16.3. The Balaban J connectivity index is 2.79. The first kappa shape index (κ1) is 12.6. The fourth-order valence-corrected chi connectivity index (χ4v) is 1.58. The van der Waals surface area contributed by atoms with Crippen molar-refractivity contribution in [2.75, 3.05) is 0 Å². The summed E-state index contributed by atoms with van der Waals surface area (Å²) in [5, 5.41) is 18.9. The molecule has 0 bridgehead atoms. The standard InChI is InChI=1S/C13H18O3/c1-3-4-5-6-11(14)10-7-9(2)12(15)8-13(10)16/h7-8,15-16H,3-6H2,1-2H3.